The van der Waals surface area contributed by atoms with Crippen LogP contribution in [0.1, 0.15) is 6.92 Å². The second-order valence-electron chi connectivity index (χ2n) is 3.81. The third-order valence-electron chi connectivity index (χ3n) is 2.42. The Bertz CT molecular complexity index is 266. The molecule has 0 aromatic carbocycles. The van der Waals surface area contributed by atoms with Crippen LogP contribution >= 0.6 is 0 Å². The van der Waals surface area contributed by atoms with Gasteiger partial charge in [0.25, 0.3) is 0 Å². The Balaban J connectivity index is 2.69. The molecule has 0 spiro atoms. The number of carbonyl (C=O) groups is 1. The number of aliphatic hydroxyl groups is 5. The molecule has 0 amide bonds. The molecule has 2 unspecified atom stereocenters. The number of hydrogen-bond donors (Lipinski definition) is 5. The van der Waals surface area contributed by atoms with E-state index < -0.39 is 49.4 Å². The molecule has 1 fully saturated rings. The molecule has 100 valence electrons. The van der Waals surface area contributed by atoms with Crippen LogP contribution in [-0.4, -0.2) is 74.9 Å². The van der Waals surface area contributed by atoms with Crippen LogP contribution in [-0.2, 0) is 14.3 Å². The van der Waals surface area contributed by atoms with Crippen molar-refractivity contribution >= 4 is 5.97 Å². The van der Waals surface area contributed by atoms with Crippen molar-refractivity contribution in [2.75, 3.05) is 6.61 Å². The average Bonchev–Trinajstić information content (AvgIpc) is 2.29. The number of aliphatic hydroxyl groups excluding tert-OH is 5. The van der Waals surface area contributed by atoms with Gasteiger partial charge in [0.05, 0.1) is 6.61 Å². The Hall–Kier alpha value is -0.770. The van der Waals surface area contributed by atoms with Crippen LogP contribution in [0.25, 0.3) is 0 Å². The lowest BCUT2D eigenvalue weighted by Gasteiger charge is -2.39. The highest BCUT2D eigenvalue weighted by molar-refractivity contribution is 5.73. The van der Waals surface area contributed by atoms with Crippen LogP contribution in [0.3, 0.4) is 0 Å². The highest BCUT2D eigenvalue weighted by Crippen LogP contribution is 2.22. The lowest BCUT2D eigenvalue weighted by Crippen LogP contribution is -2.59. The smallest absolute Gasteiger partial charge is 0.337 e. The summed E-state index contributed by atoms with van der Waals surface area (Å²) < 4.78 is 9.46. The first-order valence-electron chi connectivity index (χ1n) is 5.07. The summed E-state index contributed by atoms with van der Waals surface area (Å²) in [6.07, 6.45) is -8.91. The lowest BCUT2D eigenvalue weighted by molar-refractivity contribution is -0.294. The van der Waals surface area contributed by atoms with E-state index in [2.05, 4.69) is 4.74 Å². The topological polar surface area (TPSA) is 137 Å². The van der Waals surface area contributed by atoms with Gasteiger partial charge in [-0.2, -0.15) is 0 Å². The van der Waals surface area contributed by atoms with Crippen molar-refractivity contribution in [3.05, 3.63) is 0 Å². The SMILES string of the molecule is CC(O)C(=O)OC1O[C@H](CO)[C@H](O)[C@H](O)[C@H]1O. The van der Waals surface area contributed by atoms with Gasteiger partial charge >= 0.3 is 5.97 Å². The molecule has 5 N–H and O–H groups in total. The Labute approximate surface area is 97.0 Å². The summed E-state index contributed by atoms with van der Waals surface area (Å²) in [4.78, 5) is 11.1. The maximum absolute atomic E-state index is 11.1. The van der Waals surface area contributed by atoms with Gasteiger partial charge in [0.15, 0.2) is 0 Å². The zero-order valence-corrected chi connectivity index (χ0v) is 9.13. The van der Waals surface area contributed by atoms with E-state index in [1.165, 1.54) is 0 Å². The third-order valence-corrected chi connectivity index (χ3v) is 2.42. The van der Waals surface area contributed by atoms with Gasteiger partial charge in [-0.3, -0.25) is 0 Å². The average molecular weight is 252 g/mol. The fraction of sp³-hybridized carbons (Fsp3) is 0.889. The van der Waals surface area contributed by atoms with Gasteiger partial charge in [-0.25, -0.2) is 4.79 Å². The van der Waals surface area contributed by atoms with Crippen LogP contribution in [0.5, 0.6) is 0 Å². The number of rotatable bonds is 3. The van der Waals surface area contributed by atoms with Crippen molar-refractivity contribution < 1.29 is 39.8 Å². The maximum Gasteiger partial charge on any atom is 0.337 e. The summed E-state index contributed by atoms with van der Waals surface area (Å²) in [5.74, 6) is -1.05. The van der Waals surface area contributed by atoms with Crippen molar-refractivity contribution in [3.63, 3.8) is 0 Å². The summed E-state index contributed by atoms with van der Waals surface area (Å²) in [5, 5.41) is 46.0. The number of ether oxygens (including phenoxy) is 2. The highest BCUT2D eigenvalue weighted by atomic mass is 16.7. The van der Waals surface area contributed by atoms with Crippen LogP contribution < -0.4 is 0 Å². The second-order valence-corrected chi connectivity index (χ2v) is 3.81. The number of esters is 1. The molecule has 1 aliphatic rings. The molecule has 0 saturated carbocycles. The van der Waals surface area contributed by atoms with Crippen molar-refractivity contribution in [3.8, 4) is 0 Å². The minimum Gasteiger partial charge on any atom is -0.431 e. The first-order chi connectivity index (χ1) is 7.88. The van der Waals surface area contributed by atoms with E-state index in [0.717, 1.165) is 6.92 Å². The molecule has 0 bridgehead atoms. The Kier molecular flexibility index (Phi) is 4.80. The van der Waals surface area contributed by atoms with E-state index >= 15 is 0 Å². The predicted molar refractivity (Wildman–Crippen MR) is 51.5 cm³/mol. The first kappa shape index (κ1) is 14.3. The summed E-state index contributed by atoms with van der Waals surface area (Å²) in [6, 6.07) is 0. The normalized spacial score (nSPS) is 39.8. The summed E-state index contributed by atoms with van der Waals surface area (Å²) in [5.41, 5.74) is 0. The standard InChI is InChI=1S/C9H16O8/c1-3(11)8(15)17-9-7(14)6(13)5(12)4(2-10)16-9/h3-7,9-14H,2H2,1H3/t3?,4-,5+,6+,7-,9?/m1/s1. The molecule has 0 aliphatic carbocycles. The van der Waals surface area contributed by atoms with Crippen molar-refractivity contribution in [1.29, 1.82) is 0 Å². The van der Waals surface area contributed by atoms with Crippen LogP contribution in [0.4, 0.5) is 0 Å². The lowest BCUT2D eigenvalue weighted by atomic mass is 9.99. The Morgan fingerprint density at radius 3 is 2.35 bits per heavy atom. The molecule has 8 nitrogen and oxygen atoms in total. The van der Waals surface area contributed by atoms with Gasteiger partial charge in [-0.1, -0.05) is 0 Å². The van der Waals surface area contributed by atoms with Crippen LogP contribution in [0.2, 0.25) is 0 Å². The van der Waals surface area contributed by atoms with Gasteiger partial charge in [0, 0.05) is 0 Å². The molecule has 1 aliphatic heterocycles. The van der Waals surface area contributed by atoms with Gasteiger partial charge < -0.3 is 35.0 Å². The summed E-state index contributed by atoms with van der Waals surface area (Å²) in [6.45, 7) is 0.542. The Morgan fingerprint density at radius 2 is 1.88 bits per heavy atom. The first-order valence-corrected chi connectivity index (χ1v) is 5.07. The minimum absolute atomic E-state index is 0.617. The fourth-order valence-corrected chi connectivity index (χ4v) is 1.38. The van der Waals surface area contributed by atoms with Crippen LogP contribution in [0, 0.1) is 0 Å². The molecular weight excluding hydrogens is 236 g/mol. The van der Waals surface area contributed by atoms with E-state index in [9.17, 15) is 20.1 Å². The van der Waals surface area contributed by atoms with E-state index in [1.807, 2.05) is 0 Å². The Morgan fingerprint density at radius 1 is 1.29 bits per heavy atom. The van der Waals surface area contributed by atoms with Gasteiger partial charge in [-0.05, 0) is 6.92 Å². The quantitative estimate of drug-likeness (QED) is 0.330. The molecular formula is C9H16O8. The molecule has 17 heavy (non-hydrogen) atoms. The van der Waals surface area contributed by atoms with E-state index in [-0.39, 0.29) is 0 Å². The van der Waals surface area contributed by atoms with E-state index in [1.54, 1.807) is 0 Å². The van der Waals surface area contributed by atoms with Gasteiger partial charge in [-0.15, -0.1) is 0 Å². The molecule has 0 radical (unpaired) electrons. The summed E-state index contributed by atoms with van der Waals surface area (Å²) in [7, 11) is 0. The molecule has 1 heterocycles. The number of carbonyl (C=O) groups excluding carboxylic acids is 1. The third kappa shape index (κ3) is 3.12. The van der Waals surface area contributed by atoms with Gasteiger partial charge in [0.1, 0.15) is 30.5 Å². The summed E-state index contributed by atoms with van der Waals surface area (Å²) >= 11 is 0. The maximum atomic E-state index is 11.1. The van der Waals surface area contributed by atoms with Gasteiger partial charge in [0.2, 0.25) is 6.29 Å². The zero-order chi connectivity index (χ0) is 13.2. The van der Waals surface area contributed by atoms with E-state index in [0.29, 0.717) is 0 Å². The van der Waals surface area contributed by atoms with E-state index in [4.69, 9.17) is 14.9 Å². The second kappa shape index (κ2) is 5.71. The monoisotopic (exact) mass is 252 g/mol. The number of hydrogen-bond acceptors (Lipinski definition) is 8. The van der Waals surface area contributed by atoms with Crippen molar-refractivity contribution in [1.82, 2.24) is 0 Å². The zero-order valence-electron chi connectivity index (χ0n) is 9.13. The predicted octanol–water partition coefficient (Wildman–Crippen LogP) is -3.29. The van der Waals surface area contributed by atoms with Crippen molar-refractivity contribution in [2.45, 2.75) is 43.7 Å². The molecule has 1 saturated heterocycles. The largest absolute Gasteiger partial charge is 0.431 e. The molecule has 8 heteroatoms. The fourth-order valence-electron chi connectivity index (χ4n) is 1.38. The molecule has 1 rings (SSSR count). The van der Waals surface area contributed by atoms with Crippen LogP contribution in [0.15, 0.2) is 0 Å². The molecule has 0 aromatic heterocycles. The minimum atomic E-state index is -1.66. The highest BCUT2D eigenvalue weighted by Gasteiger charge is 2.45. The van der Waals surface area contributed by atoms with Crippen molar-refractivity contribution in [2.24, 2.45) is 0 Å². The molecule has 0 aromatic rings. The molecule has 6 atom stereocenters.